The number of carbonyl (C=O) groups excluding carboxylic acids is 3. The molecule has 0 spiro atoms. The van der Waals surface area contributed by atoms with Crippen LogP contribution in [0.3, 0.4) is 0 Å². The summed E-state index contributed by atoms with van der Waals surface area (Å²) in [6.07, 6.45) is 2.67. The largest absolute Gasteiger partial charge is 0.550 e. The van der Waals surface area contributed by atoms with E-state index in [1.807, 2.05) is 42.1 Å². The quantitative estimate of drug-likeness (QED) is 0.496. The third-order valence-corrected chi connectivity index (χ3v) is 5.57. The fourth-order valence-electron chi connectivity index (χ4n) is 2.98. The van der Waals surface area contributed by atoms with Gasteiger partial charge in [-0.25, -0.2) is 0 Å². The van der Waals surface area contributed by atoms with E-state index in [-0.39, 0.29) is 15.6 Å². The predicted octanol–water partition coefficient (Wildman–Crippen LogP) is 0.0281. The summed E-state index contributed by atoms with van der Waals surface area (Å²) in [6.45, 7) is 0. The molecule has 0 radical (unpaired) electrons. The van der Waals surface area contributed by atoms with E-state index in [4.69, 9.17) is 12.2 Å². The Bertz CT molecular complexity index is 995. The summed E-state index contributed by atoms with van der Waals surface area (Å²) in [5, 5.41) is 23.0. The third kappa shape index (κ3) is 3.74. The molecule has 0 N–H and O–H groups in total. The van der Waals surface area contributed by atoms with Crippen molar-refractivity contribution in [2.75, 3.05) is 0 Å². The molecule has 7 nitrogen and oxygen atoms in total. The molecule has 2 aromatic rings. The van der Waals surface area contributed by atoms with Crippen molar-refractivity contribution in [3.63, 3.8) is 0 Å². The lowest BCUT2D eigenvalue weighted by Crippen LogP contribution is -2.50. The van der Waals surface area contributed by atoms with Crippen molar-refractivity contribution in [2.24, 2.45) is 7.05 Å². The minimum absolute atomic E-state index is 0.0547. The summed E-state index contributed by atoms with van der Waals surface area (Å²) in [4.78, 5) is 36.0. The zero-order chi connectivity index (χ0) is 19.7. The lowest BCUT2D eigenvalue weighted by molar-refractivity contribution is -0.311. The first-order valence-electron chi connectivity index (χ1n) is 8.01. The number of carbonyl (C=O) groups is 3. The first kappa shape index (κ1) is 19.1. The molecule has 1 aromatic heterocycles. The van der Waals surface area contributed by atoms with E-state index in [1.54, 1.807) is 6.08 Å². The number of thioether (sulfide) groups is 1. The second-order valence-corrected chi connectivity index (χ2v) is 7.69. The van der Waals surface area contributed by atoms with Crippen LogP contribution in [0.15, 0.2) is 35.4 Å². The van der Waals surface area contributed by atoms with Crippen LogP contribution >= 0.6 is 24.0 Å². The number of benzene rings is 1. The number of amides is 1. The molecule has 0 unspecified atom stereocenters. The standard InChI is InChI=1S/C18H16N2O5S2/c1-19-9-10(11-4-2-3-5-12(11)19)8-14-16(23)20(18(26)27-14)13(17(24)25)6-7-15(21)22/h2-5,8-9,13H,6-7H2,1H3,(H,21,22)(H,24,25)/p-2/b14-8-/t13-/m1/s1. The molecule has 0 saturated carbocycles. The topological polar surface area (TPSA) is 106 Å². The van der Waals surface area contributed by atoms with Gasteiger partial charge in [0.05, 0.1) is 16.9 Å². The number of carboxylic acids is 2. The smallest absolute Gasteiger partial charge is 0.266 e. The van der Waals surface area contributed by atoms with E-state index in [1.165, 1.54) is 0 Å². The minimum atomic E-state index is -1.56. The zero-order valence-electron chi connectivity index (χ0n) is 14.2. The van der Waals surface area contributed by atoms with Crippen molar-refractivity contribution >= 4 is 63.1 Å². The molecule has 9 heteroatoms. The van der Waals surface area contributed by atoms with Crippen LogP contribution in [0.1, 0.15) is 18.4 Å². The maximum absolute atomic E-state index is 12.7. The zero-order valence-corrected chi connectivity index (χ0v) is 15.8. The fourth-order valence-corrected chi connectivity index (χ4v) is 4.33. The number of aryl methyl sites for hydroxylation is 1. The lowest BCUT2D eigenvalue weighted by Gasteiger charge is -2.27. The molecule has 1 aliphatic rings. The first-order valence-corrected chi connectivity index (χ1v) is 9.24. The summed E-state index contributed by atoms with van der Waals surface area (Å²) >= 11 is 6.14. The van der Waals surface area contributed by atoms with E-state index in [2.05, 4.69) is 0 Å². The molecule has 1 fully saturated rings. The highest BCUT2D eigenvalue weighted by Gasteiger charge is 2.37. The third-order valence-electron chi connectivity index (χ3n) is 4.24. The van der Waals surface area contributed by atoms with Crippen LogP contribution in [0.25, 0.3) is 17.0 Å². The Morgan fingerprint density at radius 2 is 2.00 bits per heavy atom. The molecule has 3 rings (SSSR count). The van der Waals surface area contributed by atoms with Crippen LogP contribution in [0.4, 0.5) is 0 Å². The van der Waals surface area contributed by atoms with Gasteiger partial charge < -0.3 is 24.4 Å². The molecule has 1 saturated heterocycles. The number of para-hydroxylation sites is 1. The van der Waals surface area contributed by atoms with E-state index in [0.717, 1.165) is 33.1 Å². The number of nitrogens with zero attached hydrogens (tertiary/aromatic N) is 2. The SMILES string of the molecule is Cn1cc(/C=C2\SC(=S)N([C@H](CCC(=O)[O-])C(=O)[O-])C2=O)c2ccccc21. The molecule has 0 aliphatic carbocycles. The van der Waals surface area contributed by atoms with Gasteiger partial charge in [-0.15, -0.1) is 0 Å². The van der Waals surface area contributed by atoms with Crippen molar-refractivity contribution in [1.29, 1.82) is 0 Å². The van der Waals surface area contributed by atoms with Gasteiger partial charge in [0, 0.05) is 35.7 Å². The number of hydrogen-bond acceptors (Lipinski definition) is 7. The Labute approximate surface area is 164 Å². The maximum atomic E-state index is 12.7. The van der Waals surface area contributed by atoms with E-state index in [9.17, 15) is 24.6 Å². The number of carboxylic acid groups (broad SMARTS) is 2. The van der Waals surface area contributed by atoms with Crippen LogP contribution < -0.4 is 10.2 Å². The molecule has 1 amide bonds. The van der Waals surface area contributed by atoms with Gasteiger partial charge in [-0.05, 0) is 25.0 Å². The van der Waals surface area contributed by atoms with E-state index >= 15 is 0 Å². The van der Waals surface area contributed by atoms with Gasteiger partial charge in [0.15, 0.2) is 0 Å². The lowest BCUT2D eigenvalue weighted by atomic mass is 10.1. The fraction of sp³-hybridized carbons (Fsp3) is 0.222. The van der Waals surface area contributed by atoms with Crippen molar-refractivity contribution in [3.8, 4) is 0 Å². The second kappa shape index (κ2) is 7.53. The summed E-state index contributed by atoms with van der Waals surface area (Å²) < 4.78 is 1.98. The van der Waals surface area contributed by atoms with Gasteiger partial charge in [0.2, 0.25) is 0 Å². The van der Waals surface area contributed by atoms with E-state index in [0.29, 0.717) is 0 Å². The van der Waals surface area contributed by atoms with Crippen LogP contribution in [0.2, 0.25) is 0 Å². The average Bonchev–Trinajstić information content (AvgIpc) is 3.06. The number of rotatable bonds is 6. The summed E-state index contributed by atoms with van der Waals surface area (Å²) in [5.41, 5.74) is 1.79. The highest BCUT2D eigenvalue weighted by atomic mass is 32.2. The molecule has 140 valence electrons. The Balaban J connectivity index is 1.94. The molecule has 1 aromatic carbocycles. The van der Waals surface area contributed by atoms with Gasteiger partial charge in [0.25, 0.3) is 5.91 Å². The normalized spacial score (nSPS) is 17.1. The maximum Gasteiger partial charge on any atom is 0.266 e. The van der Waals surface area contributed by atoms with Crippen LogP contribution in [-0.4, -0.2) is 37.7 Å². The Morgan fingerprint density at radius 1 is 1.30 bits per heavy atom. The van der Waals surface area contributed by atoms with Gasteiger partial charge in [0.1, 0.15) is 4.32 Å². The monoisotopic (exact) mass is 402 g/mol. The first-order chi connectivity index (χ1) is 12.8. The highest BCUT2D eigenvalue weighted by Crippen LogP contribution is 2.36. The van der Waals surface area contributed by atoms with Crippen molar-refractivity contribution in [2.45, 2.75) is 18.9 Å². The highest BCUT2D eigenvalue weighted by molar-refractivity contribution is 8.26. The minimum Gasteiger partial charge on any atom is -0.550 e. The van der Waals surface area contributed by atoms with Crippen LogP contribution in [-0.2, 0) is 21.4 Å². The molecular formula is C18H14N2O5S2-2. The molecular weight excluding hydrogens is 388 g/mol. The molecule has 1 aliphatic heterocycles. The van der Waals surface area contributed by atoms with E-state index < -0.39 is 30.3 Å². The Morgan fingerprint density at radius 3 is 2.67 bits per heavy atom. The van der Waals surface area contributed by atoms with Crippen molar-refractivity contribution in [3.05, 3.63) is 40.9 Å². The molecule has 27 heavy (non-hydrogen) atoms. The number of thiocarbonyl (C=S) groups is 1. The average molecular weight is 402 g/mol. The van der Waals surface area contributed by atoms with Crippen molar-refractivity contribution < 1.29 is 24.6 Å². The Kier molecular flexibility index (Phi) is 5.33. The Hall–Kier alpha value is -2.65. The summed E-state index contributed by atoms with van der Waals surface area (Å²) in [7, 11) is 1.89. The molecule has 0 bridgehead atoms. The van der Waals surface area contributed by atoms with Crippen LogP contribution in [0.5, 0.6) is 0 Å². The predicted molar refractivity (Wildman–Crippen MR) is 101 cm³/mol. The van der Waals surface area contributed by atoms with Gasteiger partial charge in [-0.2, -0.15) is 0 Å². The summed E-state index contributed by atoms with van der Waals surface area (Å²) in [5.74, 6) is -3.54. The van der Waals surface area contributed by atoms with Gasteiger partial charge in [-0.1, -0.05) is 42.2 Å². The molecule has 2 heterocycles. The van der Waals surface area contributed by atoms with Crippen LogP contribution in [0, 0.1) is 0 Å². The van der Waals surface area contributed by atoms with Gasteiger partial charge in [-0.3, -0.25) is 9.69 Å². The van der Waals surface area contributed by atoms with Crippen molar-refractivity contribution in [1.82, 2.24) is 9.47 Å². The number of aliphatic carboxylic acids is 2. The number of fused-ring (bicyclic) bond motifs is 1. The number of hydrogen-bond donors (Lipinski definition) is 0. The second-order valence-electron chi connectivity index (χ2n) is 6.01. The number of aromatic nitrogens is 1. The molecule has 1 atom stereocenters. The summed E-state index contributed by atoms with van der Waals surface area (Å²) in [6, 6.07) is 6.22. The van der Waals surface area contributed by atoms with Gasteiger partial charge >= 0.3 is 0 Å².